The van der Waals surface area contributed by atoms with E-state index in [-0.39, 0.29) is 11.8 Å². The predicted octanol–water partition coefficient (Wildman–Crippen LogP) is 4.08. The number of carbonyl (C=O) groups excluding carboxylic acids is 1. The quantitative estimate of drug-likeness (QED) is 0.475. The molecule has 1 heterocycles. The second kappa shape index (κ2) is 12.8. The molecule has 1 aliphatic rings. The van der Waals surface area contributed by atoms with E-state index in [1.807, 2.05) is 47.4 Å². The molecule has 7 nitrogen and oxygen atoms in total. The van der Waals surface area contributed by atoms with Crippen LogP contribution < -0.4 is 0 Å². The highest BCUT2D eigenvalue weighted by Crippen LogP contribution is 2.27. The fourth-order valence-corrected chi connectivity index (χ4v) is 4.36. The molecular formula is C27H27BrN2O5. The zero-order valence-corrected chi connectivity index (χ0v) is 20.7. The SMILES string of the molecule is O=C(C(c1ccccc1)c1ccccc1)N1CCN(Cc2ccccc2Br)CC1.O=C(O)C(=O)O. The first-order valence-electron chi connectivity index (χ1n) is 11.2. The zero-order chi connectivity index (χ0) is 25.2. The Morgan fingerprint density at radius 2 is 1.17 bits per heavy atom. The van der Waals surface area contributed by atoms with Crippen molar-refractivity contribution in [2.24, 2.45) is 0 Å². The minimum atomic E-state index is -1.82. The normalized spacial score (nSPS) is 13.6. The molecule has 0 unspecified atom stereocenters. The smallest absolute Gasteiger partial charge is 0.414 e. The topological polar surface area (TPSA) is 98.2 Å². The number of hydrogen-bond acceptors (Lipinski definition) is 4. The molecule has 1 aliphatic heterocycles. The summed E-state index contributed by atoms with van der Waals surface area (Å²) < 4.78 is 1.15. The summed E-state index contributed by atoms with van der Waals surface area (Å²) in [7, 11) is 0. The molecule has 0 aliphatic carbocycles. The molecular weight excluding hydrogens is 512 g/mol. The third-order valence-electron chi connectivity index (χ3n) is 5.73. The zero-order valence-electron chi connectivity index (χ0n) is 19.1. The summed E-state index contributed by atoms with van der Waals surface area (Å²) >= 11 is 3.64. The highest BCUT2D eigenvalue weighted by molar-refractivity contribution is 9.10. The van der Waals surface area contributed by atoms with Crippen molar-refractivity contribution in [2.45, 2.75) is 12.5 Å². The van der Waals surface area contributed by atoms with Crippen molar-refractivity contribution in [2.75, 3.05) is 26.2 Å². The summed E-state index contributed by atoms with van der Waals surface area (Å²) in [5.41, 5.74) is 3.40. The van der Waals surface area contributed by atoms with Crippen molar-refractivity contribution < 1.29 is 24.6 Å². The van der Waals surface area contributed by atoms with Crippen LogP contribution in [0.3, 0.4) is 0 Å². The van der Waals surface area contributed by atoms with E-state index < -0.39 is 11.9 Å². The van der Waals surface area contributed by atoms with Crippen molar-refractivity contribution >= 4 is 33.8 Å². The number of carboxylic acid groups (broad SMARTS) is 2. The van der Waals surface area contributed by atoms with Gasteiger partial charge in [0.1, 0.15) is 0 Å². The molecule has 182 valence electrons. The number of benzene rings is 3. The van der Waals surface area contributed by atoms with Gasteiger partial charge in [-0.15, -0.1) is 0 Å². The molecule has 35 heavy (non-hydrogen) atoms. The number of carboxylic acids is 2. The lowest BCUT2D eigenvalue weighted by molar-refractivity contribution is -0.159. The largest absolute Gasteiger partial charge is 0.473 e. The predicted molar refractivity (Wildman–Crippen MR) is 136 cm³/mol. The second-order valence-electron chi connectivity index (χ2n) is 8.06. The van der Waals surface area contributed by atoms with Crippen LogP contribution in [0.25, 0.3) is 0 Å². The Hall–Kier alpha value is -3.49. The molecule has 0 radical (unpaired) electrons. The van der Waals surface area contributed by atoms with Crippen LogP contribution in [0.5, 0.6) is 0 Å². The molecule has 2 N–H and O–H groups in total. The van der Waals surface area contributed by atoms with E-state index in [1.54, 1.807) is 0 Å². The van der Waals surface area contributed by atoms with Gasteiger partial charge in [0.2, 0.25) is 5.91 Å². The Morgan fingerprint density at radius 1 is 0.714 bits per heavy atom. The lowest BCUT2D eigenvalue weighted by Gasteiger charge is -2.36. The maximum Gasteiger partial charge on any atom is 0.414 e. The molecule has 3 aromatic rings. The third kappa shape index (κ3) is 7.50. The molecule has 4 rings (SSSR count). The highest BCUT2D eigenvalue weighted by Gasteiger charge is 2.29. The summed E-state index contributed by atoms with van der Waals surface area (Å²) in [6, 6.07) is 28.6. The molecule has 8 heteroatoms. The molecule has 1 saturated heterocycles. The molecule has 3 aromatic carbocycles. The van der Waals surface area contributed by atoms with Crippen LogP contribution >= 0.6 is 15.9 Å². The van der Waals surface area contributed by atoms with Crippen molar-refractivity contribution in [3.63, 3.8) is 0 Å². The first-order chi connectivity index (χ1) is 16.9. The van der Waals surface area contributed by atoms with Crippen molar-refractivity contribution in [3.8, 4) is 0 Å². The molecule has 0 atom stereocenters. The maximum atomic E-state index is 13.5. The number of hydrogen-bond donors (Lipinski definition) is 2. The third-order valence-corrected chi connectivity index (χ3v) is 6.51. The van der Waals surface area contributed by atoms with E-state index in [4.69, 9.17) is 19.8 Å². The van der Waals surface area contributed by atoms with Gasteiger partial charge in [0, 0.05) is 37.2 Å². The van der Waals surface area contributed by atoms with Gasteiger partial charge in [-0.25, -0.2) is 9.59 Å². The Kier molecular flexibility index (Phi) is 9.57. The molecule has 0 bridgehead atoms. The monoisotopic (exact) mass is 538 g/mol. The summed E-state index contributed by atoms with van der Waals surface area (Å²) in [5, 5.41) is 14.8. The van der Waals surface area contributed by atoms with Crippen molar-refractivity contribution in [3.05, 3.63) is 106 Å². The van der Waals surface area contributed by atoms with Crippen molar-refractivity contribution in [1.29, 1.82) is 0 Å². The van der Waals surface area contributed by atoms with Gasteiger partial charge in [-0.1, -0.05) is 94.8 Å². The number of nitrogens with zero attached hydrogens (tertiary/aromatic N) is 2. The van der Waals surface area contributed by atoms with Gasteiger partial charge >= 0.3 is 11.9 Å². The lowest BCUT2D eigenvalue weighted by atomic mass is 9.90. The fraction of sp³-hybridized carbons (Fsp3) is 0.222. The molecule has 0 aromatic heterocycles. The summed E-state index contributed by atoms with van der Waals surface area (Å²) in [5.74, 6) is -3.69. The van der Waals surface area contributed by atoms with Gasteiger partial charge in [-0.05, 0) is 22.8 Å². The van der Waals surface area contributed by atoms with E-state index >= 15 is 0 Å². The Bertz CT molecular complexity index is 1080. The average Bonchev–Trinajstić information content (AvgIpc) is 2.87. The van der Waals surface area contributed by atoms with Crippen LogP contribution in [-0.2, 0) is 20.9 Å². The number of piperazine rings is 1. The minimum Gasteiger partial charge on any atom is -0.473 e. The minimum absolute atomic E-state index is 0.197. The van der Waals surface area contributed by atoms with Gasteiger partial charge < -0.3 is 15.1 Å². The number of amides is 1. The maximum absolute atomic E-state index is 13.5. The molecule has 1 amide bonds. The standard InChI is InChI=1S/C25H25BrN2O.C2H2O4/c26-23-14-8-7-13-22(23)19-27-15-17-28(18-16-27)25(29)24(20-9-3-1-4-10-20)21-11-5-2-6-12-21;3-1(4)2(5)6/h1-14,24H,15-19H2;(H,3,4)(H,5,6). The van der Waals surface area contributed by atoms with Crippen LogP contribution in [0.1, 0.15) is 22.6 Å². The number of halogens is 1. The summed E-state index contributed by atoms with van der Waals surface area (Å²) in [4.78, 5) is 36.2. The number of aliphatic carboxylic acids is 2. The second-order valence-corrected chi connectivity index (χ2v) is 8.91. The fourth-order valence-electron chi connectivity index (χ4n) is 3.95. The van der Waals surface area contributed by atoms with Gasteiger partial charge in [0.05, 0.1) is 5.92 Å². The first kappa shape index (κ1) is 26.1. The van der Waals surface area contributed by atoms with E-state index in [9.17, 15) is 4.79 Å². The van der Waals surface area contributed by atoms with Crippen LogP contribution in [0.15, 0.2) is 89.4 Å². The summed E-state index contributed by atoms with van der Waals surface area (Å²) in [6.07, 6.45) is 0. The molecule has 0 saturated carbocycles. The van der Waals surface area contributed by atoms with E-state index in [2.05, 4.69) is 63.3 Å². The van der Waals surface area contributed by atoms with Gasteiger partial charge in [-0.3, -0.25) is 9.69 Å². The lowest BCUT2D eigenvalue weighted by Crippen LogP contribution is -2.49. The Labute approximate surface area is 212 Å². The van der Waals surface area contributed by atoms with Crippen LogP contribution in [0.2, 0.25) is 0 Å². The highest BCUT2D eigenvalue weighted by atomic mass is 79.9. The average molecular weight is 539 g/mol. The van der Waals surface area contributed by atoms with E-state index in [0.29, 0.717) is 0 Å². The van der Waals surface area contributed by atoms with Gasteiger partial charge in [-0.2, -0.15) is 0 Å². The number of rotatable bonds is 5. The Morgan fingerprint density at radius 3 is 1.63 bits per heavy atom. The van der Waals surface area contributed by atoms with Crippen LogP contribution in [0.4, 0.5) is 0 Å². The van der Waals surface area contributed by atoms with Crippen LogP contribution in [-0.4, -0.2) is 64.0 Å². The summed E-state index contributed by atoms with van der Waals surface area (Å²) in [6.45, 7) is 4.22. The molecule has 1 fully saturated rings. The van der Waals surface area contributed by atoms with Crippen molar-refractivity contribution in [1.82, 2.24) is 9.80 Å². The number of carbonyl (C=O) groups is 3. The van der Waals surface area contributed by atoms with E-state index in [1.165, 1.54) is 5.56 Å². The van der Waals surface area contributed by atoms with E-state index in [0.717, 1.165) is 48.3 Å². The Balaban J connectivity index is 0.000000509. The van der Waals surface area contributed by atoms with Gasteiger partial charge in [0.25, 0.3) is 0 Å². The first-order valence-corrected chi connectivity index (χ1v) is 12.0. The van der Waals surface area contributed by atoms with Crippen LogP contribution in [0, 0.1) is 0 Å². The molecule has 0 spiro atoms. The van der Waals surface area contributed by atoms with Gasteiger partial charge in [0.15, 0.2) is 0 Å².